The van der Waals surface area contributed by atoms with Crippen molar-refractivity contribution in [2.45, 2.75) is 10.8 Å². The van der Waals surface area contributed by atoms with Gasteiger partial charge in [-0.3, -0.25) is 4.21 Å². The first kappa shape index (κ1) is 11.3. The van der Waals surface area contributed by atoms with Crippen molar-refractivity contribution in [1.82, 2.24) is 10.3 Å². The zero-order chi connectivity index (χ0) is 11.7. The predicted octanol–water partition coefficient (Wildman–Crippen LogP) is 2.01. The Balaban J connectivity index is 1.80. The summed E-state index contributed by atoms with van der Waals surface area (Å²) in [5.74, 6) is 1.29. The second-order valence-electron chi connectivity index (χ2n) is 4.32. The second-order valence-corrected chi connectivity index (χ2v) is 7.02. The summed E-state index contributed by atoms with van der Waals surface area (Å²) in [4.78, 5) is 4.45. The van der Waals surface area contributed by atoms with Crippen LogP contribution in [0.2, 0.25) is 0 Å². The number of benzene rings is 1. The molecular formula is C12H14N2OS2. The number of rotatable bonds is 3. The molecule has 1 aliphatic rings. The Morgan fingerprint density at radius 2 is 2.35 bits per heavy atom. The van der Waals surface area contributed by atoms with E-state index in [1.165, 1.54) is 0 Å². The third kappa shape index (κ3) is 2.41. The van der Waals surface area contributed by atoms with E-state index in [4.69, 9.17) is 0 Å². The van der Waals surface area contributed by atoms with Gasteiger partial charge in [0.05, 0.1) is 21.0 Å². The van der Waals surface area contributed by atoms with Crippen LogP contribution in [0, 0.1) is 5.92 Å². The van der Waals surface area contributed by atoms with Gasteiger partial charge in [0, 0.05) is 5.75 Å². The van der Waals surface area contributed by atoms with E-state index in [-0.39, 0.29) is 0 Å². The fraction of sp³-hybridized carbons (Fsp3) is 0.417. The first-order valence-electron chi connectivity index (χ1n) is 5.77. The molecule has 1 aromatic heterocycles. The monoisotopic (exact) mass is 266 g/mol. The van der Waals surface area contributed by atoms with Crippen molar-refractivity contribution in [1.29, 1.82) is 0 Å². The molecule has 2 heterocycles. The SMILES string of the molecule is O=[S@@](C[C@H]1CCNC1)c1nc2ccccc2s1. The molecule has 2 atom stereocenters. The summed E-state index contributed by atoms with van der Waals surface area (Å²) in [6, 6.07) is 7.97. The minimum Gasteiger partial charge on any atom is -0.316 e. The van der Waals surface area contributed by atoms with Gasteiger partial charge < -0.3 is 5.32 Å². The van der Waals surface area contributed by atoms with E-state index in [0.29, 0.717) is 5.92 Å². The molecule has 3 rings (SSSR count). The number of aromatic nitrogens is 1. The molecule has 0 saturated carbocycles. The Labute approximate surface area is 107 Å². The standard InChI is InChI=1S/C12H14N2OS2/c15-17(8-9-5-6-13-7-9)12-14-10-3-1-2-4-11(10)16-12/h1-4,9,13H,5-8H2/t9-,17-/m0/s1. The predicted molar refractivity (Wildman–Crippen MR) is 71.9 cm³/mol. The number of nitrogens with zero attached hydrogens (tertiary/aromatic N) is 1. The van der Waals surface area contributed by atoms with E-state index in [1.807, 2.05) is 24.3 Å². The molecule has 0 unspecified atom stereocenters. The summed E-state index contributed by atoms with van der Waals surface area (Å²) >= 11 is 1.56. The molecule has 0 bridgehead atoms. The average Bonchev–Trinajstić information content (AvgIpc) is 2.96. The van der Waals surface area contributed by atoms with Gasteiger partial charge in [0.2, 0.25) is 0 Å². The highest BCUT2D eigenvalue weighted by Gasteiger charge is 2.20. The van der Waals surface area contributed by atoms with Gasteiger partial charge in [-0.2, -0.15) is 0 Å². The highest BCUT2D eigenvalue weighted by molar-refractivity contribution is 7.87. The lowest BCUT2D eigenvalue weighted by Crippen LogP contribution is -2.14. The van der Waals surface area contributed by atoms with Crippen LogP contribution in [-0.4, -0.2) is 28.0 Å². The smallest absolute Gasteiger partial charge is 0.181 e. The van der Waals surface area contributed by atoms with Gasteiger partial charge in [-0.25, -0.2) is 4.98 Å². The average molecular weight is 266 g/mol. The van der Waals surface area contributed by atoms with Crippen LogP contribution in [0.3, 0.4) is 0 Å². The van der Waals surface area contributed by atoms with E-state index < -0.39 is 10.8 Å². The van der Waals surface area contributed by atoms with Gasteiger partial charge in [-0.05, 0) is 37.6 Å². The molecule has 5 heteroatoms. The van der Waals surface area contributed by atoms with Crippen molar-refractivity contribution in [2.24, 2.45) is 5.92 Å². The number of hydrogen-bond donors (Lipinski definition) is 1. The molecule has 1 saturated heterocycles. The molecule has 1 fully saturated rings. The first-order valence-corrected chi connectivity index (χ1v) is 7.91. The summed E-state index contributed by atoms with van der Waals surface area (Å²) in [6.07, 6.45) is 1.14. The zero-order valence-corrected chi connectivity index (χ0v) is 11.0. The Morgan fingerprint density at radius 3 is 3.12 bits per heavy atom. The van der Waals surface area contributed by atoms with Crippen LogP contribution >= 0.6 is 11.3 Å². The third-order valence-electron chi connectivity index (χ3n) is 3.02. The van der Waals surface area contributed by atoms with E-state index in [0.717, 1.165) is 39.8 Å². The molecule has 0 amide bonds. The maximum atomic E-state index is 12.2. The molecule has 0 radical (unpaired) electrons. The summed E-state index contributed by atoms with van der Waals surface area (Å²) in [6.45, 7) is 2.05. The van der Waals surface area contributed by atoms with Crippen molar-refractivity contribution in [3.8, 4) is 0 Å². The van der Waals surface area contributed by atoms with E-state index in [2.05, 4.69) is 10.3 Å². The van der Waals surface area contributed by atoms with Crippen molar-refractivity contribution >= 4 is 32.4 Å². The minimum absolute atomic E-state index is 0.544. The lowest BCUT2D eigenvalue weighted by atomic mass is 10.2. The van der Waals surface area contributed by atoms with Crippen LogP contribution in [0.25, 0.3) is 10.2 Å². The molecule has 1 N–H and O–H groups in total. The van der Waals surface area contributed by atoms with Crippen molar-refractivity contribution in [2.75, 3.05) is 18.8 Å². The lowest BCUT2D eigenvalue weighted by molar-refractivity contribution is 0.632. The number of fused-ring (bicyclic) bond motifs is 1. The minimum atomic E-state index is -0.938. The fourth-order valence-electron chi connectivity index (χ4n) is 2.09. The lowest BCUT2D eigenvalue weighted by Gasteiger charge is -2.04. The number of para-hydroxylation sites is 1. The molecule has 17 heavy (non-hydrogen) atoms. The Hall–Kier alpha value is -0.780. The second kappa shape index (κ2) is 4.84. The highest BCUT2D eigenvalue weighted by Crippen LogP contribution is 2.25. The maximum Gasteiger partial charge on any atom is 0.181 e. The molecule has 90 valence electrons. The van der Waals surface area contributed by atoms with Crippen molar-refractivity contribution in [3.05, 3.63) is 24.3 Å². The van der Waals surface area contributed by atoms with Crippen LogP contribution in [-0.2, 0) is 10.8 Å². The molecule has 2 aromatic rings. The zero-order valence-electron chi connectivity index (χ0n) is 9.39. The molecule has 0 spiro atoms. The van der Waals surface area contributed by atoms with Gasteiger partial charge in [-0.15, -0.1) is 11.3 Å². The van der Waals surface area contributed by atoms with Crippen LogP contribution in [0.15, 0.2) is 28.6 Å². The largest absolute Gasteiger partial charge is 0.316 e. The summed E-state index contributed by atoms with van der Waals surface area (Å²) in [5, 5.41) is 3.30. The van der Waals surface area contributed by atoms with Gasteiger partial charge in [0.1, 0.15) is 0 Å². The Bertz CT molecular complexity index is 513. The number of thiazole rings is 1. The topological polar surface area (TPSA) is 42.0 Å². The molecular weight excluding hydrogens is 252 g/mol. The number of nitrogens with one attached hydrogen (secondary N) is 1. The summed E-state index contributed by atoms with van der Waals surface area (Å²) < 4.78 is 14.1. The normalized spacial score (nSPS) is 22.0. The summed E-state index contributed by atoms with van der Waals surface area (Å²) in [5.41, 5.74) is 0.963. The fourth-order valence-corrected chi connectivity index (χ4v) is 4.69. The number of hydrogen-bond acceptors (Lipinski definition) is 4. The van der Waals surface area contributed by atoms with Crippen molar-refractivity contribution < 1.29 is 4.21 Å². The summed E-state index contributed by atoms with van der Waals surface area (Å²) in [7, 11) is -0.938. The Morgan fingerprint density at radius 1 is 1.47 bits per heavy atom. The molecule has 1 aromatic carbocycles. The van der Waals surface area contributed by atoms with E-state index >= 15 is 0 Å². The maximum absolute atomic E-state index is 12.2. The van der Waals surface area contributed by atoms with Gasteiger partial charge in [0.25, 0.3) is 0 Å². The van der Waals surface area contributed by atoms with E-state index in [1.54, 1.807) is 11.3 Å². The Kier molecular flexibility index (Phi) is 3.22. The van der Waals surface area contributed by atoms with Crippen LogP contribution < -0.4 is 5.32 Å². The van der Waals surface area contributed by atoms with Gasteiger partial charge in [-0.1, -0.05) is 12.1 Å². The quantitative estimate of drug-likeness (QED) is 0.924. The van der Waals surface area contributed by atoms with Crippen LogP contribution in [0.4, 0.5) is 0 Å². The third-order valence-corrected chi connectivity index (χ3v) is 5.91. The molecule has 3 nitrogen and oxygen atoms in total. The van der Waals surface area contributed by atoms with Gasteiger partial charge in [0.15, 0.2) is 4.34 Å². The molecule has 0 aliphatic carbocycles. The van der Waals surface area contributed by atoms with Crippen LogP contribution in [0.1, 0.15) is 6.42 Å². The molecule has 1 aliphatic heterocycles. The highest BCUT2D eigenvalue weighted by atomic mass is 32.2. The first-order chi connectivity index (χ1) is 8.33. The van der Waals surface area contributed by atoms with E-state index in [9.17, 15) is 4.21 Å². The van der Waals surface area contributed by atoms with Crippen LogP contribution in [0.5, 0.6) is 0 Å². The van der Waals surface area contributed by atoms with Crippen molar-refractivity contribution in [3.63, 3.8) is 0 Å². The van der Waals surface area contributed by atoms with Gasteiger partial charge >= 0.3 is 0 Å².